The zero-order valence-corrected chi connectivity index (χ0v) is 15.3. The van der Waals surface area contributed by atoms with E-state index in [0.717, 1.165) is 0 Å². The van der Waals surface area contributed by atoms with Crippen molar-refractivity contribution >= 4 is 28.8 Å². The molecule has 144 valence electrons. The van der Waals surface area contributed by atoms with E-state index < -0.39 is 0 Å². The summed E-state index contributed by atoms with van der Waals surface area (Å²) in [5.41, 5.74) is 4.30. The first kappa shape index (κ1) is 17.6. The first-order valence-corrected chi connectivity index (χ1v) is 8.93. The zero-order valence-electron chi connectivity index (χ0n) is 15.3. The minimum atomic E-state index is -0.380. The molecule has 0 bridgehead atoms. The summed E-state index contributed by atoms with van der Waals surface area (Å²) in [7, 11) is 0. The van der Waals surface area contributed by atoms with Gasteiger partial charge >= 0.3 is 0 Å². The fourth-order valence-electron chi connectivity index (χ4n) is 3.27. The highest BCUT2D eigenvalue weighted by Gasteiger charge is 2.30. The van der Waals surface area contributed by atoms with Gasteiger partial charge in [0.1, 0.15) is 0 Å². The molecule has 0 aliphatic carbocycles. The Labute approximate surface area is 168 Å². The number of fused-ring (bicyclic) bond motifs is 4. The van der Waals surface area contributed by atoms with Gasteiger partial charge in [0.15, 0.2) is 5.82 Å². The minimum Gasteiger partial charge on any atom is -0.285 e. The summed E-state index contributed by atoms with van der Waals surface area (Å²) >= 11 is 0. The van der Waals surface area contributed by atoms with Crippen LogP contribution in [0.4, 0.5) is 0 Å². The number of carbonyl (C=O) groups is 2. The minimum absolute atomic E-state index is 0.0637. The van der Waals surface area contributed by atoms with Crippen molar-refractivity contribution < 1.29 is 9.59 Å². The molecule has 0 atom stereocenters. The summed E-state index contributed by atoms with van der Waals surface area (Å²) in [6.45, 7) is 0. The van der Waals surface area contributed by atoms with Crippen LogP contribution in [-0.2, 0) is 0 Å². The van der Waals surface area contributed by atoms with Gasteiger partial charge in [-0.3, -0.25) is 28.9 Å². The molecule has 30 heavy (non-hydrogen) atoms. The molecular formula is C21H12N6O3. The Balaban J connectivity index is 1.47. The lowest BCUT2D eigenvalue weighted by Gasteiger charge is -2.05. The van der Waals surface area contributed by atoms with Crippen LogP contribution >= 0.6 is 0 Å². The fraction of sp³-hybridized carbons (Fsp3) is 0. The average Bonchev–Trinajstić information content (AvgIpc) is 3.06. The lowest BCUT2D eigenvalue weighted by molar-refractivity contribution is 0.0954. The molecule has 0 spiro atoms. The van der Waals surface area contributed by atoms with E-state index in [1.807, 2.05) is 0 Å². The van der Waals surface area contributed by atoms with Crippen molar-refractivity contribution in [1.29, 1.82) is 0 Å². The number of hydrazone groups is 1. The average molecular weight is 396 g/mol. The van der Waals surface area contributed by atoms with Crippen LogP contribution in [0.15, 0.2) is 71.1 Å². The number of ketones is 1. The van der Waals surface area contributed by atoms with Gasteiger partial charge in [-0.05, 0) is 35.9 Å². The van der Waals surface area contributed by atoms with Crippen molar-refractivity contribution in [2.45, 2.75) is 0 Å². The van der Waals surface area contributed by atoms with Gasteiger partial charge in [0.05, 0.1) is 28.4 Å². The first-order chi connectivity index (χ1) is 14.6. The van der Waals surface area contributed by atoms with E-state index in [4.69, 9.17) is 0 Å². The van der Waals surface area contributed by atoms with E-state index in [-0.39, 0.29) is 23.1 Å². The Hall–Kier alpha value is -4.53. The number of amides is 1. The number of nitrogens with zero attached hydrogens (tertiary/aromatic N) is 5. The molecule has 4 heterocycles. The van der Waals surface area contributed by atoms with Crippen LogP contribution in [0.5, 0.6) is 0 Å². The predicted octanol–water partition coefficient (Wildman–Crippen LogP) is 1.48. The summed E-state index contributed by atoms with van der Waals surface area (Å²) in [4.78, 5) is 49.9. The highest BCUT2D eigenvalue weighted by molar-refractivity contribution is 6.14. The molecule has 3 aromatic heterocycles. The number of carbonyl (C=O) groups excluding carboxylic acids is 2. The molecule has 0 saturated heterocycles. The summed E-state index contributed by atoms with van der Waals surface area (Å²) in [6, 6.07) is 9.69. The van der Waals surface area contributed by atoms with Crippen molar-refractivity contribution in [3.05, 3.63) is 94.1 Å². The number of rotatable bonds is 3. The maximum atomic E-state index is 12.8. The molecule has 9 heteroatoms. The number of pyridine rings is 2. The van der Waals surface area contributed by atoms with Crippen LogP contribution in [-0.4, -0.2) is 37.4 Å². The Bertz CT molecular complexity index is 1430. The molecule has 4 aromatic rings. The van der Waals surface area contributed by atoms with E-state index in [0.29, 0.717) is 33.3 Å². The van der Waals surface area contributed by atoms with Gasteiger partial charge in [-0.25, -0.2) is 10.4 Å². The van der Waals surface area contributed by atoms with E-state index in [9.17, 15) is 14.4 Å². The number of hydrogen-bond donors (Lipinski definition) is 1. The van der Waals surface area contributed by atoms with Crippen LogP contribution in [0, 0.1) is 0 Å². The predicted molar refractivity (Wildman–Crippen MR) is 108 cm³/mol. The molecule has 1 amide bonds. The monoisotopic (exact) mass is 396 g/mol. The highest BCUT2D eigenvalue weighted by Crippen LogP contribution is 2.26. The van der Waals surface area contributed by atoms with Gasteiger partial charge < -0.3 is 0 Å². The third-order valence-corrected chi connectivity index (χ3v) is 4.70. The maximum Gasteiger partial charge on any atom is 0.271 e. The molecule has 0 saturated carbocycles. The maximum absolute atomic E-state index is 12.8. The van der Waals surface area contributed by atoms with Gasteiger partial charge in [-0.1, -0.05) is 6.07 Å². The Morgan fingerprint density at radius 2 is 1.83 bits per heavy atom. The molecule has 1 aromatic carbocycles. The Kier molecular flexibility index (Phi) is 3.99. The van der Waals surface area contributed by atoms with Gasteiger partial charge in [0.2, 0.25) is 5.78 Å². The molecule has 0 unspecified atom stereocenters. The van der Waals surface area contributed by atoms with Gasteiger partial charge in [0, 0.05) is 30.4 Å². The van der Waals surface area contributed by atoms with Crippen molar-refractivity contribution in [2.24, 2.45) is 5.10 Å². The van der Waals surface area contributed by atoms with E-state index in [2.05, 4.69) is 25.5 Å². The van der Waals surface area contributed by atoms with E-state index in [1.165, 1.54) is 35.6 Å². The third kappa shape index (κ3) is 2.76. The van der Waals surface area contributed by atoms with Crippen LogP contribution in [0.2, 0.25) is 0 Å². The van der Waals surface area contributed by atoms with Crippen molar-refractivity contribution in [2.75, 3.05) is 0 Å². The molecule has 0 fully saturated rings. The standard InChI is InChI=1S/C21H12N6O3/c28-18-14-9-12(10-24-26-20(29)13-3-6-22-7-4-13)1-2-17(14)27-19(18)25-16-5-8-23-11-15(16)21(27)30/h1-11H,(H,26,29). The summed E-state index contributed by atoms with van der Waals surface area (Å²) in [6.07, 6.45) is 7.40. The van der Waals surface area contributed by atoms with E-state index in [1.54, 1.807) is 36.4 Å². The Morgan fingerprint density at radius 3 is 2.67 bits per heavy atom. The van der Waals surface area contributed by atoms with Crippen molar-refractivity contribution in [1.82, 2.24) is 24.9 Å². The number of hydrogen-bond acceptors (Lipinski definition) is 7. The SMILES string of the molecule is O=C(NN=Cc1ccc2c(c1)C(=O)c1nc3ccncc3c(=O)n1-2)c1ccncc1. The Morgan fingerprint density at radius 1 is 1.03 bits per heavy atom. The van der Waals surface area contributed by atoms with Gasteiger partial charge in [-0.15, -0.1) is 0 Å². The second kappa shape index (κ2) is 6.82. The van der Waals surface area contributed by atoms with Crippen LogP contribution in [0.25, 0.3) is 16.6 Å². The van der Waals surface area contributed by atoms with Crippen molar-refractivity contribution in [3.63, 3.8) is 0 Å². The normalized spacial score (nSPS) is 12.2. The molecule has 9 nitrogen and oxygen atoms in total. The second-order valence-corrected chi connectivity index (χ2v) is 6.51. The molecule has 1 aliphatic heterocycles. The van der Waals surface area contributed by atoms with Crippen LogP contribution < -0.4 is 11.0 Å². The van der Waals surface area contributed by atoms with Gasteiger partial charge in [0.25, 0.3) is 11.5 Å². The molecule has 1 aliphatic rings. The lowest BCUT2D eigenvalue weighted by atomic mass is 10.1. The van der Waals surface area contributed by atoms with Crippen molar-refractivity contribution in [3.8, 4) is 5.69 Å². The summed E-state index contributed by atoms with van der Waals surface area (Å²) < 4.78 is 1.30. The molecule has 5 rings (SSSR count). The largest absolute Gasteiger partial charge is 0.285 e. The number of benzene rings is 1. The second-order valence-electron chi connectivity index (χ2n) is 6.51. The zero-order chi connectivity index (χ0) is 20.7. The summed E-state index contributed by atoms with van der Waals surface area (Å²) in [5.74, 6) is -0.667. The smallest absolute Gasteiger partial charge is 0.271 e. The first-order valence-electron chi connectivity index (χ1n) is 8.93. The topological polar surface area (TPSA) is 119 Å². The van der Waals surface area contributed by atoms with Gasteiger partial charge in [-0.2, -0.15) is 5.10 Å². The van der Waals surface area contributed by atoms with Crippen LogP contribution in [0.3, 0.4) is 0 Å². The molecule has 0 radical (unpaired) electrons. The molecule has 1 N–H and O–H groups in total. The lowest BCUT2D eigenvalue weighted by Crippen LogP contribution is -2.21. The third-order valence-electron chi connectivity index (χ3n) is 4.70. The fourth-order valence-corrected chi connectivity index (χ4v) is 3.27. The van der Waals surface area contributed by atoms with E-state index >= 15 is 0 Å². The molecular weight excluding hydrogens is 384 g/mol. The van der Waals surface area contributed by atoms with Crippen LogP contribution in [0.1, 0.15) is 32.1 Å². The number of nitrogens with one attached hydrogen (secondary N) is 1. The summed E-state index contributed by atoms with van der Waals surface area (Å²) in [5, 5.41) is 4.27. The highest BCUT2D eigenvalue weighted by atomic mass is 16.2. The quantitative estimate of drug-likeness (QED) is 0.364. The number of aromatic nitrogens is 4.